The van der Waals surface area contributed by atoms with Gasteiger partial charge in [-0.25, -0.2) is 0 Å². The molecule has 0 bridgehead atoms. The van der Waals surface area contributed by atoms with Gasteiger partial charge in [-0.3, -0.25) is 10.1 Å². The summed E-state index contributed by atoms with van der Waals surface area (Å²) < 4.78 is 5.33. The number of furan rings is 1. The first-order valence-electron chi connectivity index (χ1n) is 5.49. The highest BCUT2D eigenvalue weighted by atomic mass is 32.3. The van der Waals surface area contributed by atoms with Gasteiger partial charge in [0.2, 0.25) is 16.6 Å². The van der Waals surface area contributed by atoms with Gasteiger partial charge in [-0.1, -0.05) is 10.2 Å². The number of hydrogen-bond donors (Lipinski definition) is 5. The molecular formula is C11H13N3O4S. The van der Waals surface area contributed by atoms with Crippen molar-refractivity contribution in [1.82, 2.24) is 4.98 Å². The second-order valence-electron chi connectivity index (χ2n) is 4.15. The summed E-state index contributed by atoms with van der Waals surface area (Å²) in [7, 11) is -2.15. The molecule has 0 spiro atoms. The topological polar surface area (TPSA) is 125 Å². The lowest BCUT2D eigenvalue weighted by atomic mass is 10.4. The molecule has 0 fully saturated rings. The second kappa shape index (κ2) is 4.05. The lowest BCUT2D eigenvalue weighted by molar-refractivity contribution is 0.230. The zero-order valence-corrected chi connectivity index (χ0v) is 10.6. The van der Waals surface area contributed by atoms with Crippen LogP contribution in [-0.4, -0.2) is 26.2 Å². The van der Waals surface area contributed by atoms with E-state index in [1.807, 2.05) is 0 Å². The van der Waals surface area contributed by atoms with E-state index in [1.165, 1.54) is 0 Å². The summed E-state index contributed by atoms with van der Waals surface area (Å²) in [6.45, 7) is -0.512. The fourth-order valence-electron chi connectivity index (χ4n) is 2.04. The van der Waals surface area contributed by atoms with Crippen molar-refractivity contribution in [3.05, 3.63) is 24.2 Å². The number of hydrogen-bond acceptors (Lipinski definition) is 7. The lowest BCUT2D eigenvalue weighted by Gasteiger charge is -2.27. The molecule has 7 nitrogen and oxygen atoms in total. The number of aliphatic hydroxyl groups is 1. The maximum atomic E-state index is 9.94. The van der Waals surface area contributed by atoms with Crippen LogP contribution in [0.15, 0.2) is 32.9 Å². The van der Waals surface area contributed by atoms with E-state index >= 15 is 0 Å². The summed E-state index contributed by atoms with van der Waals surface area (Å²) in [6, 6.07) is 1.78. The first-order valence-corrected chi connectivity index (χ1v) is 7.35. The van der Waals surface area contributed by atoms with Gasteiger partial charge in [0.1, 0.15) is 6.61 Å². The molecule has 2 aromatic rings. The van der Waals surface area contributed by atoms with Crippen LogP contribution in [0.5, 0.6) is 11.5 Å². The highest BCUT2D eigenvalue weighted by Crippen LogP contribution is 2.66. The monoisotopic (exact) mass is 283 g/mol. The molecule has 102 valence electrons. The van der Waals surface area contributed by atoms with Crippen LogP contribution in [0.1, 0.15) is 5.76 Å². The van der Waals surface area contributed by atoms with Crippen molar-refractivity contribution in [2.45, 2.75) is 16.6 Å². The molecule has 2 aromatic heterocycles. The smallest absolute Gasteiger partial charge is 0.211 e. The molecule has 0 saturated carbocycles. The van der Waals surface area contributed by atoms with Crippen LogP contribution >= 0.6 is 10.2 Å². The third-order valence-electron chi connectivity index (χ3n) is 3.04. The predicted molar refractivity (Wildman–Crippen MR) is 69.0 cm³/mol. The highest BCUT2D eigenvalue weighted by molar-refractivity contribution is 8.32. The molecule has 0 aromatic carbocycles. The average Bonchev–Trinajstić information content (AvgIpc) is 2.92. The summed E-state index contributed by atoms with van der Waals surface area (Å²) >= 11 is 0. The van der Waals surface area contributed by atoms with E-state index in [1.54, 1.807) is 18.5 Å². The number of nitrogens with zero attached hydrogens (tertiary/aromatic N) is 1. The number of nitrogens with two attached hydrogens (primary N) is 1. The van der Waals surface area contributed by atoms with Gasteiger partial charge in [0.25, 0.3) is 0 Å². The fraction of sp³-hybridized carbons (Fsp3) is 0.182. The van der Waals surface area contributed by atoms with Crippen molar-refractivity contribution in [1.29, 1.82) is 0 Å². The Bertz CT molecular complexity index is 645. The third kappa shape index (κ3) is 1.57. The molecule has 1 aliphatic heterocycles. The van der Waals surface area contributed by atoms with Crippen molar-refractivity contribution in [2.24, 2.45) is 5.14 Å². The van der Waals surface area contributed by atoms with Crippen molar-refractivity contribution in [3.63, 3.8) is 0 Å². The zero-order valence-electron chi connectivity index (χ0n) is 9.83. The molecule has 1 atom stereocenters. The Morgan fingerprint density at radius 1 is 1.42 bits per heavy atom. The number of nitrogens with one attached hydrogen (secondary N) is 1. The predicted octanol–water partition coefficient (Wildman–Crippen LogP) is 1.06. The number of pyridine rings is 1. The van der Waals surface area contributed by atoms with E-state index in [-0.39, 0.29) is 10.9 Å². The van der Waals surface area contributed by atoms with Gasteiger partial charge in [0.05, 0.1) is 16.5 Å². The van der Waals surface area contributed by atoms with Crippen LogP contribution in [-0.2, 0) is 6.61 Å². The minimum atomic E-state index is -2.15. The molecule has 1 unspecified atom stereocenters. The highest BCUT2D eigenvalue weighted by Gasteiger charge is 2.39. The van der Waals surface area contributed by atoms with E-state index in [9.17, 15) is 10.2 Å². The third-order valence-corrected chi connectivity index (χ3v) is 5.69. The normalized spacial score (nSPS) is 24.5. The first kappa shape index (κ1) is 12.2. The molecule has 3 rings (SSSR count). The largest absolute Gasteiger partial charge is 0.502 e. The van der Waals surface area contributed by atoms with Crippen molar-refractivity contribution < 1.29 is 19.7 Å². The Hall–Kier alpha value is -1.90. The number of aliphatic hydroxyl groups excluding tert-OH is 1. The average molecular weight is 283 g/mol. The minimum absolute atomic E-state index is 0.0910. The maximum Gasteiger partial charge on any atom is 0.211 e. The van der Waals surface area contributed by atoms with E-state index < -0.39 is 28.3 Å². The van der Waals surface area contributed by atoms with E-state index in [4.69, 9.17) is 14.7 Å². The van der Waals surface area contributed by atoms with Gasteiger partial charge < -0.3 is 25.1 Å². The molecule has 0 aliphatic carbocycles. The molecule has 8 heteroatoms. The van der Waals surface area contributed by atoms with Gasteiger partial charge in [-0.2, -0.15) is 0 Å². The summed E-state index contributed by atoms with van der Waals surface area (Å²) in [6.07, 6.45) is 3.25. The number of rotatable bonds is 2. The Balaban J connectivity index is 2.18. The number of anilines is 1. The van der Waals surface area contributed by atoms with Crippen LogP contribution < -0.4 is 10.5 Å². The molecule has 0 amide bonds. The van der Waals surface area contributed by atoms with Gasteiger partial charge in [0.15, 0.2) is 5.76 Å². The standard InChI is InChI=1S/C11H13N3O4S/c12-19(5-14-6-1-2-13-3-8(6)19)11-10(17)9(16)7(4-15)18-11/h1-3,14-17H,4-5,12H2. The van der Waals surface area contributed by atoms with Crippen molar-refractivity contribution in [3.8, 4) is 11.5 Å². The Morgan fingerprint density at radius 2 is 2.21 bits per heavy atom. The van der Waals surface area contributed by atoms with Crippen LogP contribution in [0.3, 0.4) is 0 Å². The Morgan fingerprint density at radius 3 is 2.89 bits per heavy atom. The van der Waals surface area contributed by atoms with Crippen LogP contribution in [0.25, 0.3) is 0 Å². The first-order chi connectivity index (χ1) is 9.08. The minimum Gasteiger partial charge on any atom is -0.502 e. The Kier molecular flexibility index (Phi) is 2.59. The van der Waals surface area contributed by atoms with Gasteiger partial charge in [0, 0.05) is 12.4 Å². The molecule has 3 heterocycles. The summed E-state index contributed by atoms with van der Waals surface area (Å²) in [5.74, 6) is -0.603. The lowest BCUT2D eigenvalue weighted by Crippen LogP contribution is -2.13. The van der Waals surface area contributed by atoms with E-state index in [0.717, 1.165) is 10.6 Å². The van der Waals surface area contributed by atoms with Gasteiger partial charge in [-0.15, -0.1) is 0 Å². The second-order valence-corrected chi connectivity index (χ2v) is 6.84. The number of aromatic hydroxyl groups is 2. The molecule has 0 radical (unpaired) electrons. The maximum absolute atomic E-state index is 9.94. The van der Waals surface area contributed by atoms with Gasteiger partial charge in [-0.05, 0) is 6.07 Å². The van der Waals surface area contributed by atoms with Gasteiger partial charge >= 0.3 is 0 Å². The summed E-state index contributed by atoms with van der Waals surface area (Å²) in [4.78, 5) is 4.76. The van der Waals surface area contributed by atoms with Crippen LogP contribution in [0.4, 0.5) is 5.69 Å². The SMILES string of the molecule is NS1(c2oc(CO)c(O)c2O)CNc2ccncc21. The molecule has 19 heavy (non-hydrogen) atoms. The van der Waals surface area contributed by atoms with Crippen LogP contribution in [0, 0.1) is 0 Å². The number of aromatic nitrogens is 1. The van der Waals surface area contributed by atoms with E-state index in [2.05, 4.69) is 10.3 Å². The van der Waals surface area contributed by atoms with Crippen molar-refractivity contribution in [2.75, 3.05) is 11.2 Å². The molecule has 0 saturated heterocycles. The molecule has 1 aliphatic rings. The molecular weight excluding hydrogens is 270 g/mol. The van der Waals surface area contributed by atoms with Crippen molar-refractivity contribution >= 4 is 15.9 Å². The van der Waals surface area contributed by atoms with Crippen LogP contribution in [0.2, 0.25) is 0 Å². The summed E-state index contributed by atoms with van der Waals surface area (Å²) in [5.41, 5.74) is 0.827. The number of fused-ring (bicyclic) bond motifs is 1. The summed E-state index contributed by atoms with van der Waals surface area (Å²) in [5, 5.41) is 38.2. The molecule has 6 N–H and O–H groups in total. The Labute approximate surface area is 110 Å². The fourth-order valence-corrected chi connectivity index (χ4v) is 4.38. The van der Waals surface area contributed by atoms with E-state index in [0.29, 0.717) is 5.88 Å². The quantitative estimate of drug-likeness (QED) is 0.558. The zero-order chi connectivity index (χ0) is 13.6.